The Balaban J connectivity index is 2.44. The van der Waals surface area contributed by atoms with Gasteiger partial charge in [0.2, 0.25) is 0 Å². The number of phenolic OH excluding ortho intramolecular Hbond substituents is 1. The zero-order chi connectivity index (χ0) is 13.1. The van der Waals surface area contributed by atoms with Crippen molar-refractivity contribution in [1.29, 1.82) is 5.26 Å². The molecule has 0 fully saturated rings. The van der Waals surface area contributed by atoms with E-state index in [0.29, 0.717) is 5.52 Å². The van der Waals surface area contributed by atoms with Gasteiger partial charge >= 0.3 is 0 Å². The first-order valence-corrected chi connectivity index (χ1v) is 5.34. The Morgan fingerprint density at radius 3 is 2.94 bits per heavy atom. The molecule has 5 heteroatoms. The molecule has 0 bridgehead atoms. The second kappa shape index (κ2) is 4.72. The first kappa shape index (κ1) is 11.9. The molecule has 0 aliphatic carbocycles. The number of pyridine rings is 1. The van der Waals surface area contributed by atoms with Crippen molar-refractivity contribution in [3.8, 4) is 11.8 Å². The standard InChI is InChI=1S/C13H11N3O2/c1-16(8-7-14)13(18)10-6-5-9-3-2-4-11(17)12(9)15-10/h2-6,17H,8H2,1H3. The summed E-state index contributed by atoms with van der Waals surface area (Å²) in [6.45, 7) is -0.000672. The molecule has 0 saturated heterocycles. The van der Waals surface area contributed by atoms with Crippen LogP contribution in [0.15, 0.2) is 30.3 Å². The number of nitrogens with zero attached hydrogens (tertiary/aromatic N) is 3. The van der Waals surface area contributed by atoms with Gasteiger partial charge in [0, 0.05) is 12.4 Å². The highest BCUT2D eigenvalue weighted by atomic mass is 16.3. The number of fused-ring (bicyclic) bond motifs is 1. The quantitative estimate of drug-likeness (QED) is 0.809. The van der Waals surface area contributed by atoms with E-state index in [1.807, 2.05) is 6.07 Å². The van der Waals surface area contributed by atoms with Crippen LogP contribution in [0, 0.1) is 11.3 Å². The van der Waals surface area contributed by atoms with Crippen molar-refractivity contribution in [2.75, 3.05) is 13.6 Å². The van der Waals surface area contributed by atoms with Gasteiger partial charge in [0.05, 0.1) is 6.07 Å². The average Bonchev–Trinajstić information content (AvgIpc) is 2.38. The van der Waals surface area contributed by atoms with Crippen LogP contribution in [0.4, 0.5) is 0 Å². The maximum Gasteiger partial charge on any atom is 0.273 e. The van der Waals surface area contributed by atoms with Gasteiger partial charge in [-0.05, 0) is 12.1 Å². The van der Waals surface area contributed by atoms with Crippen LogP contribution in [0.3, 0.4) is 0 Å². The summed E-state index contributed by atoms with van der Waals surface area (Å²) in [7, 11) is 1.53. The third-order valence-electron chi connectivity index (χ3n) is 2.57. The SMILES string of the molecule is CN(CC#N)C(=O)c1ccc2cccc(O)c2n1. The van der Waals surface area contributed by atoms with Crippen molar-refractivity contribution in [3.63, 3.8) is 0 Å². The molecule has 18 heavy (non-hydrogen) atoms. The minimum atomic E-state index is -0.346. The number of aromatic nitrogens is 1. The van der Waals surface area contributed by atoms with Crippen molar-refractivity contribution >= 4 is 16.8 Å². The van der Waals surface area contributed by atoms with E-state index in [2.05, 4.69) is 4.98 Å². The number of carbonyl (C=O) groups excluding carboxylic acids is 1. The third-order valence-corrected chi connectivity index (χ3v) is 2.57. The maximum atomic E-state index is 11.9. The minimum Gasteiger partial charge on any atom is -0.506 e. The van der Waals surface area contributed by atoms with Crippen molar-refractivity contribution in [3.05, 3.63) is 36.0 Å². The minimum absolute atomic E-state index is 0.000672. The monoisotopic (exact) mass is 241 g/mol. The van der Waals surface area contributed by atoms with Gasteiger partial charge in [-0.3, -0.25) is 4.79 Å². The van der Waals surface area contributed by atoms with E-state index in [4.69, 9.17) is 5.26 Å². The molecule has 1 aromatic heterocycles. The molecule has 1 amide bonds. The topological polar surface area (TPSA) is 77.2 Å². The van der Waals surface area contributed by atoms with Crippen LogP contribution in [-0.4, -0.2) is 34.5 Å². The second-order valence-electron chi connectivity index (χ2n) is 3.86. The van der Waals surface area contributed by atoms with Crippen LogP contribution in [-0.2, 0) is 0 Å². The van der Waals surface area contributed by atoms with Gasteiger partial charge in [-0.1, -0.05) is 18.2 Å². The molecule has 0 spiro atoms. The predicted octanol–water partition coefficient (Wildman–Crippen LogP) is 1.54. The number of aromatic hydroxyl groups is 1. The Kier molecular flexibility index (Phi) is 3.11. The molecule has 2 rings (SSSR count). The largest absolute Gasteiger partial charge is 0.506 e. The molecule has 1 N–H and O–H groups in total. The summed E-state index contributed by atoms with van der Waals surface area (Å²) in [6.07, 6.45) is 0. The molecule has 90 valence electrons. The van der Waals surface area contributed by atoms with E-state index in [0.717, 1.165) is 5.39 Å². The van der Waals surface area contributed by atoms with Gasteiger partial charge in [-0.15, -0.1) is 0 Å². The molecule has 0 atom stereocenters. The molecule has 0 saturated carbocycles. The number of hydrogen-bond donors (Lipinski definition) is 1. The number of carbonyl (C=O) groups is 1. The van der Waals surface area contributed by atoms with E-state index in [9.17, 15) is 9.90 Å². The first-order chi connectivity index (χ1) is 8.63. The molecule has 2 aromatic rings. The van der Waals surface area contributed by atoms with Gasteiger partial charge in [0.15, 0.2) is 0 Å². The highest BCUT2D eigenvalue weighted by molar-refractivity contribution is 5.95. The Morgan fingerprint density at radius 2 is 2.22 bits per heavy atom. The summed E-state index contributed by atoms with van der Waals surface area (Å²) >= 11 is 0. The fourth-order valence-electron chi connectivity index (χ4n) is 1.62. The van der Waals surface area contributed by atoms with Crippen LogP contribution in [0.25, 0.3) is 10.9 Å². The highest BCUT2D eigenvalue weighted by Gasteiger charge is 2.13. The molecule has 1 heterocycles. The molecule has 5 nitrogen and oxygen atoms in total. The van der Waals surface area contributed by atoms with E-state index in [-0.39, 0.29) is 23.9 Å². The number of amides is 1. The van der Waals surface area contributed by atoms with Gasteiger partial charge in [0.1, 0.15) is 23.5 Å². The lowest BCUT2D eigenvalue weighted by molar-refractivity contribution is 0.0806. The molecule has 0 unspecified atom stereocenters. The lowest BCUT2D eigenvalue weighted by atomic mass is 10.2. The summed E-state index contributed by atoms with van der Waals surface area (Å²) in [5, 5.41) is 19.0. The molecule has 0 radical (unpaired) electrons. The van der Waals surface area contributed by atoms with Gasteiger partial charge in [-0.25, -0.2) is 4.98 Å². The normalized spacial score (nSPS) is 10.0. The average molecular weight is 241 g/mol. The van der Waals surface area contributed by atoms with Crippen LogP contribution in [0.5, 0.6) is 5.75 Å². The Hall–Kier alpha value is -2.61. The number of hydrogen-bond acceptors (Lipinski definition) is 4. The number of nitriles is 1. The summed E-state index contributed by atoms with van der Waals surface area (Å²) < 4.78 is 0. The van der Waals surface area contributed by atoms with Crippen LogP contribution >= 0.6 is 0 Å². The van der Waals surface area contributed by atoms with Crippen molar-refractivity contribution in [2.24, 2.45) is 0 Å². The van der Waals surface area contributed by atoms with Crippen molar-refractivity contribution < 1.29 is 9.90 Å². The van der Waals surface area contributed by atoms with E-state index >= 15 is 0 Å². The number of phenols is 1. The molecular formula is C13H11N3O2. The first-order valence-electron chi connectivity index (χ1n) is 5.34. The summed E-state index contributed by atoms with van der Waals surface area (Å²) in [6, 6.07) is 10.2. The summed E-state index contributed by atoms with van der Waals surface area (Å²) in [5.41, 5.74) is 0.593. The summed E-state index contributed by atoms with van der Waals surface area (Å²) in [5.74, 6) is -0.313. The lowest BCUT2D eigenvalue weighted by Crippen LogP contribution is -2.27. The summed E-state index contributed by atoms with van der Waals surface area (Å²) in [4.78, 5) is 17.3. The van der Waals surface area contributed by atoms with Gasteiger partial charge in [-0.2, -0.15) is 5.26 Å². The molecule has 0 aliphatic heterocycles. The third kappa shape index (κ3) is 2.09. The van der Waals surface area contributed by atoms with E-state index < -0.39 is 0 Å². The zero-order valence-electron chi connectivity index (χ0n) is 9.79. The molecular weight excluding hydrogens is 230 g/mol. The number of rotatable bonds is 2. The van der Waals surface area contributed by atoms with E-state index in [1.54, 1.807) is 24.3 Å². The van der Waals surface area contributed by atoms with Crippen LogP contribution < -0.4 is 0 Å². The highest BCUT2D eigenvalue weighted by Crippen LogP contribution is 2.22. The van der Waals surface area contributed by atoms with Crippen molar-refractivity contribution in [2.45, 2.75) is 0 Å². The van der Waals surface area contributed by atoms with Crippen LogP contribution in [0.2, 0.25) is 0 Å². The maximum absolute atomic E-state index is 11.9. The zero-order valence-corrected chi connectivity index (χ0v) is 9.79. The Bertz CT molecular complexity index is 646. The molecule has 0 aliphatic rings. The van der Waals surface area contributed by atoms with Crippen LogP contribution in [0.1, 0.15) is 10.5 Å². The fourth-order valence-corrected chi connectivity index (χ4v) is 1.62. The number of para-hydroxylation sites is 1. The van der Waals surface area contributed by atoms with E-state index in [1.165, 1.54) is 18.0 Å². The second-order valence-corrected chi connectivity index (χ2v) is 3.86. The Morgan fingerprint density at radius 1 is 1.44 bits per heavy atom. The smallest absolute Gasteiger partial charge is 0.273 e. The Labute approximate surface area is 104 Å². The van der Waals surface area contributed by atoms with Gasteiger partial charge in [0.25, 0.3) is 5.91 Å². The molecule has 1 aromatic carbocycles. The predicted molar refractivity (Wildman–Crippen MR) is 66.0 cm³/mol. The lowest BCUT2D eigenvalue weighted by Gasteiger charge is -2.12. The fraction of sp³-hybridized carbons (Fsp3) is 0.154. The van der Waals surface area contributed by atoms with Gasteiger partial charge < -0.3 is 10.0 Å². The number of benzene rings is 1. The van der Waals surface area contributed by atoms with Crippen molar-refractivity contribution in [1.82, 2.24) is 9.88 Å².